The van der Waals surface area contributed by atoms with E-state index >= 15 is 0 Å². The van der Waals surface area contributed by atoms with Crippen LogP contribution >= 0.6 is 11.8 Å². The van der Waals surface area contributed by atoms with E-state index in [1.807, 2.05) is 11.8 Å². The van der Waals surface area contributed by atoms with Gasteiger partial charge >= 0.3 is 6.18 Å². The van der Waals surface area contributed by atoms with Gasteiger partial charge in [0.25, 0.3) is 0 Å². The van der Waals surface area contributed by atoms with Gasteiger partial charge in [0.05, 0.1) is 0 Å². The third-order valence-corrected chi connectivity index (χ3v) is 4.04. The van der Waals surface area contributed by atoms with Gasteiger partial charge in [-0.2, -0.15) is 24.9 Å². The van der Waals surface area contributed by atoms with Gasteiger partial charge in [0.2, 0.25) is 0 Å². The zero-order chi connectivity index (χ0) is 13.6. The van der Waals surface area contributed by atoms with Gasteiger partial charge in [-0.3, -0.25) is 0 Å². The summed E-state index contributed by atoms with van der Waals surface area (Å²) in [5.74, 6) is -0.174. The lowest BCUT2D eigenvalue weighted by Gasteiger charge is -2.24. The predicted molar refractivity (Wildman–Crippen MR) is 65.9 cm³/mol. The van der Waals surface area contributed by atoms with Gasteiger partial charge in [-0.25, -0.2) is 0 Å². The second-order valence-electron chi connectivity index (χ2n) is 4.33. The summed E-state index contributed by atoms with van der Waals surface area (Å²) >= 11 is 1.87. The predicted octanol–water partition coefficient (Wildman–Crippen LogP) is 1.64. The standard InChI is InChI=1S/C10H18F3N3OS/c11-10(12,13)8(9(14)16-17)6-15-5-7-1-3-18-4-2-7/h7-8,15,17H,1-6H2,(H2,14,16). The fourth-order valence-electron chi connectivity index (χ4n) is 1.84. The zero-order valence-corrected chi connectivity index (χ0v) is 10.7. The van der Waals surface area contributed by atoms with E-state index < -0.39 is 17.9 Å². The maximum Gasteiger partial charge on any atom is 0.400 e. The monoisotopic (exact) mass is 285 g/mol. The van der Waals surface area contributed by atoms with Crippen molar-refractivity contribution in [1.82, 2.24) is 5.32 Å². The highest BCUT2D eigenvalue weighted by atomic mass is 32.2. The van der Waals surface area contributed by atoms with Gasteiger partial charge in [0, 0.05) is 6.54 Å². The van der Waals surface area contributed by atoms with Crippen LogP contribution in [0.3, 0.4) is 0 Å². The summed E-state index contributed by atoms with van der Waals surface area (Å²) in [5.41, 5.74) is 5.06. The number of oxime groups is 1. The van der Waals surface area contributed by atoms with Crippen molar-refractivity contribution in [3.8, 4) is 0 Å². The van der Waals surface area contributed by atoms with Crippen LogP contribution in [0, 0.1) is 11.8 Å². The number of rotatable bonds is 5. The Morgan fingerprint density at radius 1 is 1.44 bits per heavy atom. The van der Waals surface area contributed by atoms with Crippen LogP contribution in [0.4, 0.5) is 13.2 Å². The molecule has 4 N–H and O–H groups in total. The number of halogens is 3. The van der Waals surface area contributed by atoms with Crippen molar-refractivity contribution in [3.63, 3.8) is 0 Å². The topological polar surface area (TPSA) is 70.6 Å². The van der Waals surface area contributed by atoms with E-state index in [-0.39, 0.29) is 6.54 Å². The molecule has 0 saturated carbocycles. The summed E-state index contributed by atoms with van der Waals surface area (Å²) in [5, 5.41) is 13.6. The van der Waals surface area contributed by atoms with E-state index in [2.05, 4.69) is 10.5 Å². The molecule has 0 radical (unpaired) electrons. The molecule has 1 rings (SSSR count). The van der Waals surface area contributed by atoms with E-state index in [0.717, 1.165) is 24.3 Å². The maximum absolute atomic E-state index is 12.6. The Morgan fingerprint density at radius 3 is 2.56 bits per heavy atom. The molecule has 1 saturated heterocycles. The summed E-state index contributed by atoms with van der Waals surface area (Å²) in [7, 11) is 0. The summed E-state index contributed by atoms with van der Waals surface area (Å²) in [6.07, 6.45) is -2.44. The average molecular weight is 285 g/mol. The molecule has 1 fully saturated rings. The molecule has 1 unspecified atom stereocenters. The molecular weight excluding hydrogens is 267 g/mol. The van der Waals surface area contributed by atoms with Gasteiger partial charge < -0.3 is 16.3 Å². The lowest BCUT2D eigenvalue weighted by atomic mass is 10.0. The van der Waals surface area contributed by atoms with E-state index in [1.165, 1.54) is 0 Å². The van der Waals surface area contributed by atoms with Crippen molar-refractivity contribution in [3.05, 3.63) is 0 Å². The van der Waals surface area contributed by atoms with E-state index in [1.54, 1.807) is 0 Å². The van der Waals surface area contributed by atoms with Crippen LogP contribution < -0.4 is 11.1 Å². The van der Waals surface area contributed by atoms with Gasteiger partial charge in [-0.1, -0.05) is 5.16 Å². The molecule has 4 nitrogen and oxygen atoms in total. The summed E-state index contributed by atoms with van der Waals surface area (Å²) in [6.45, 7) is 0.203. The molecule has 1 aliphatic heterocycles. The first-order valence-electron chi connectivity index (χ1n) is 5.77. The first-order chi connectivity index (χ1) is 8.45. The SMILES string of the molecule is NC(=NO)C(CNCC1CCSCC1)C(F)(F)F. The smallest absolute Gasteiger partial charge is 0.400 e. The molecule has 0 aromatic carbocycles. The average Bonchev–Trinajstić information content (AvgIpc) is 2.33. The number of amidine groups is 1. The lowest BCUT2D eigenvalue weighted by molar-refractivity contribution is -0.155. The summed E-state index contributed by atoms with van der Waals surface area (Å²) in [6, 6.07) is 0. The Balaban J connectivity index is 2.37. The number of alkyl halides is 3. The van der Waals surface area contributed by atoms with Crippen molar-refractivity contribution in [2.45, 2.75) is 19.0 Å². The first-order valence-corrected chi connectivity index (χ1v) is 6.93. The van der Waals surface area contributed by atoms with Crippen LogP contribution in [-0.4, -0.2) is 41.8 Å². The van der Waals surface area contributed by atoms with Crippen LogP contribution in [0.1, 0.15) is 12.8 Å². The molecule has 106 valence electrons. The second-order valence-corrected chi connectivity index (χ2v) is 5.56. The summed E-state index contributed by atoms with van der Waals surface area (Å²) < 4.78 is 37.8. The highest BCUT2D eigenvalue weighted by Crippen LogP contribution is 2.26. The van der Waals surface area contributed by atoms with Crippen LogP contribution in [0.5, 0.6) is 0 Å². The Labute approximate surface area is 108 Å². The molecule has 0 bridgehead atoms. The Kier molecular flexibility index (Phi) is 6.07. The number of nitrogens with one attached hydrogen (secondary N) is 1. The number of hydrogen-bond acceptors (Lipinski definition) is 4. The Bertz CT molecular complexity index is 280. The van der Waals surface area contributed by atoms with Crippen LogP contribution in [0.2, 0.25) is 0 Å². The molecule has 1 aliphatic rings. The molecule has 8 heteroatoms. The molecule has 0 spiro atoms. The fourth-order valence-corrected chi connectivity index (χ4v) is 3.04. The van der Waals surface area contributed by atoms with Crippen LogP contribution in [0.15, 0.2) is 5.16 Å². The highest BCUT2D eigenvalue weighted by molar-refractivity contribution is 7.99. The van der Waals surface area contributed by atoms with Crippen LogP contribution in [0.25, 0.3) is 0 Å². The minimum atomic E-state index is -4.49. The second kappa shape index (κ2) is 7.08. The third-order valence-electron chi connectivity index (χ3n) is 2.99. The molecular formula is C10H18F3N3OS. The molecule has 0 aliphatic carbocycles. The highest BCUT2D eigenvalue weighted by Gasteiger charge is 2.42. The molecule has 0 amide bonds. The Morgan fingerprint density at radius 2 is 2.06 bits per heavy atom. The molecule has 0 aromatic rings. The van der Waals surface area contributed by atoms with Gasteiger partial charge in [0.15, 0.2) is 5.84 Å². The van der Waals surface area contributed by atoms with Crippen molar-refractivity contribution in [2.75, 3.05) is 24.6 Å². The van der Waals surface area contributed by atoms with E-state index in [9.17, 15) is 13.2 Å². The first kappa shape index (κ1) is 15.4. The number of hydrogen-bond donors (Lipinski definition) is 3. The third kappa shape index (κ3) is 4.93. The van der Waals surface area contributed by atoms with Gasteiger partial charge in [0.1, 0.15) is 5.92 Å². The van der Waals surface area contributed by atoms with Gasteiger partial charge in [-0.15, -0.1) is 0 Å². The lowest BCUT2D eigenvalue weighted by Crippen LogP contribution is -2.44. The fraction of sp³-hybridized carbons (Fsp3) is 0.900. The van der Waals surface area contributed by atoms with Gasteiger partial charge in [-0.05, 0) is 36.8 Å². The zero-order valence-electron chi connectivity index (χ0n) is 9.91. The number of nitrogens with two attached hydrogens (primary N) is 1. The minimum Gasteiger partial charge on any atom is -0.409 e. The normalized spacial score (nSPS) is 20.9. The number of nitrogens with zero attached hydrogens (tertiary/aromatic N) is 1. The largest absolute Gasteiger partial charge is 0.409 e. The molecule has 0 aromatic heterocycles. The van der Waals surface area contributed by atoms with Crippen LogP contribution in [-0.2, 0) is 0 Å². The molecule has 1 heterocycles. The Hall–Kier alpha value is -0.630. The number of thioether (sulfide) groups is 1. The molecule has 18 heavy (non-hydrogen) atoms. The van der Waals surface area contributed by atoms with Crippen molar-refractivity contribution < 1.29 is 18.4 Å². The molecule has 1 atom stereocenters. The van der Waals surface area contributed by atoms with Crippen molar-refractivity contribution in [2.24, 2.45) is 22.7 Å². The minimum absolute atomic E-state index is 0.344. The van der Waals surface area contributed by atoms with E-state index in [4.69, 9.17) is 10.9 Å². The van der Waals surface area contributed by atoms with E-state index in [0.29, 0.717) is 12.5 Å². The quantitative estimate of drug-likeness (QED) is 0.311. The van der Waals surface area contributed by atoms with Crippen molar-refractivity contribution in [1.29, 1.82) is 0 Å². The van der Waals surface area contributed by atoms with Crippen molar-refractivity contribution >= 4 is 17.6 Å². The maximum atomic E-state index is 12.6. The summed E-state index contributed by atoms with van der Waals surface area (Å²) in [4.78, 5) is 0.